The van der Waals surface area contributed by atoms with Crippen LogP contribution in [0.4, 0.5) is 4.39 Å². The Bertz CT molecular complexity index is 677. The number of hydrogen-bond donors (Lipinski definition) is 1. The van der Waals surface area contributed by atoms with Crippen LogP contribution in [-0.2, 0) is 0 Å². The highest BCUT2D eigenvalue weighted by Crippen LogP contribution is 2.38. The Labute approximate surface area is 109 Å². The summed E-state index contributed by atoms with van der Waals surface area (Å²) >= 11 is 0. The maximum absolute atomic E-state index is 13.0. The van der Waals surface area contributed by atoms with E-state index in [1.807, 2.05) is 0 Å². The summed E-state index contributed by atoms with van der Waals surface area (Å²) in [4.78, 5) is 18.5. The Morgan fingerprint density at radius 2 is 2.16 bits per heavy atom. The molecule has 0 spiro atoms. The van der Waals surface area contributed by atoms with Crippen molar-refractivity contribution in [2.24, 2.45) is 0 Å². The van der Waals surface area contributed by atoms with Gasteiger partial charge >= 0.3 is 0 Å². The van der Waals surface area contributed by atoms with Crippen LogP contribution in [-0.4, -0.2) is 9.97 Å². The Morgan fingerprint density at radius 1 is 1.37 bits per heavy atom. The van der Waals surface area contributed by atoms with Crippen LogP contribution in [0.3, 0.4) is 0 Å². The highest BCUT2D eigenvalue weighted by molar-refractivity contribution is 5.35. The van der Waals surface area contributed by atoms with Gasteiger partial charge in [-0.1, -0.05) is 0 Å². The Balaban J connectivity index is 1.92. The molecule has 98 valence electrons. The lowest BCUT2D eigenvalue weighted by Gasteiger charge is -2.08. The van der Waals surface area contributed by atoms with Crippen molar-refractivity contribution >= 4 is 0 Å². The van der Waals surface area contributed by atoms with E-state index in [4.69, 9.17) is 4.74 Å². The maximum atomic E-state index is 13.0. The SMILES string of the molecule is Cc1cc(F)ccc1Oc1cc(=O)[nH]c(C2CC2)n1. The summed E-state index contributed by atoms with van der Waals surface area (Å²) in [7, 11) is 0. The van der Waals surface area contributed by atoms with Gasteiger partial charge in [0.2, 0.25) is 5.88 Å². The molecule has 19 heavy (non-hydrogen) atoms. The van der Waals surface area contributed by atoms with Crippen LogP contribution in [0.25, 0.3) is 0 Å². The zero-order valence-electron chi connectivity index (χ0n) is 10.4. The van der Waals surface area contributed by atoms with Gasteiger partial charge in [-0.15, -0.1) is 0 Å². The molecule has 3 rings (SSSR count). The van der Waals surface area contributed by atoms with Crippen molar-refractivity contribution in [2.75, 3.05) is 0 Å². The number of aryl methyl sites for hydroxylation is 1. The summed E-state index contributed by atoms with van der Waals surface area (Å²) in [5.74, 6) is 1.44. The molecule has 0 atom stereocenters. The topological polar surface area (TPSA) is 55.0 Å². The smallest absolute Gasteiger partial charge is 0.254 e. The van der Waals surface area contributed by atoms with E-state index in [-0.39, 0.29) is 17.3 Å². The molecule has 2 aromatic rings. The van der Waals surface area contributed by atoms with Gasteiger partial charge in [-0.05, 0) is 43.5 Å². The molecule has 1 saturated carbocycles. The van der Waals surface area contributed by atoms with Crippen molar-refractivity contribution in [2.45, 2.75) is 25.7 Å². The van der Waals surface area contributed by atoms with Crippen molar-refractivity contribution in [3.63, 3.8) is 0 Å². The van der Waals surface area contributed by atoms with Gasteiger partial charge in [0.05, 0.1) is 6.07 Å². The van der Waals surface area contributed by atoms with Crippen LogP contribution >= 0.6 is 0 Å². The van der Waals surface area contributed by atoms with Crippen LogP contribution in [0.15, 0.2) is 29.1 Å². The van der Waals surface area contributed by atoms with E-state index in [2.05, 4.69) is 9.97 Å². The second-order valence-electron chi connectivity index (χ2n) is 4.76. The van der Waals surface area contributed by atoms with Crippen LogP contribution in [0, 0.1) is 12.7 Å². The molecule has 1 heterocycles. The summed E-state index contributed by atoms with van der Waals surface area (Å²) in [6, 6.07) is 5.53. The lowest BCUT2D eigenvalue weighted by atomic mass is 10.2. The van der Waals surface area contributed by atoms with Gasteiger partial charge in [0.25, 0.3) is 5.56 Å². The van der Waals surface area contributed by atoms with Gasteiger partial charge in [-0.3, -0.25) is 4.79 Å². The molecule has 1 aromatic carbocycles. The third-order valence-corrected chi connectivity index (χ3v) is 3.05. The summed E-state index contributed by atoms with van der Waals surface area (Å²) < 4.78 is 18.6. The molecule has 0 aliphatic heterocycles. The van der Waals surface area contributed by atoms with Gasteiger partial charge in [0.1, 0.15) is 17.4 Å². The Morgan fingerprint density at radius 3 is 2.84 bits per heavy atom. The minimum atomic E-state index is -0.317. The summed E-state index contributed by atoms with van der Waals surface area (Å²) in [5.41, 5.74) is 0.432. The zero-order chi connectivity index (χ0) is 13.4. The fourth-order valence-corrected chi connectivity index (χ4v) is 1.90. The fourth-order valence-electron chi connectivity index (χ4n) is 1.90. The highest BCUT2D eigenvalue weighted by atomic mass is 19.1. The first-order valence-corrected chi connectivity index (χ1v) is 6.17. The van der Waals surface area contributed by atoms with Crippen molar-refractivity contribution in [1.29, 1.82) is 0 Å². The van der Waals surface area contributed by atoms with Crippen molar-refractivity contribution < 1.29 is 9.13 Å². The standard InChI is InChI=1S/C14H13FN2O2/c1-8-6-10(15)4-5-11(8)19-13-7-12(18)16-14(17-13)9-2-3-9/h4-7,9H,2-3H2,1H3,(H,16,17,18). The maximum Gasteiger partial charge on any atom is 0.254 e. The molecule has 0 unspecified atom stereocenters. The number of H-pyrrole nitrogens is 1. The average molecular weight is 260 g/mol. The first-order chi connectivity index (χ1) is 9.11. The third-order valence-electron chi connectivity index (χ3n) is 3.05. The van der Waals surface area contributed by atoms with Gasteiger partial charge in [0.15, 0.2) is 0 Å². The molecule has 1 fully saturated rings. The number of aromatic nitrogens is 2. The Kier molecular flexibility index (Phi) is 2.81. The van der Waals surface area contributed by atoms with Crippen molar-refractivity contribution in [3.8, 4) is 11.6 Å². The van der Waals surface area contributed by atoms with E-state index < -0.39 is 0 Å². The lowest BCUT2D eigenvalue weighted by molar-refractivity contribution is 0.452. The first kappa shape index (κ1) is 11.9. The molecule has 1 aromatic heterocycles. The largest absolute Gasteiger partial charge is 0.438 e. The second-order valence-corrected chi connectivity index (χ2v) is 4.76. The zero-order valence-corrected chi connectivity index (χ0v) is 10.4. The molecule has 0 saturated heterocycles. The molecule has 1 aliphatic carbocycles. The summed E-state index contributed by atoms with van der Waals surface area (Å²) in [5, 5.41) is 0. The second kappa shape index (κ2) is 4.50. The van der Waals surface area contributed by atoms with Crippen LogP contribution < -0.4 is 10.3 Å². The normalized spacial score (nSPS) is 14.4. The van der Waals surface area contributed by atoms with Crippen LogP contribution in [0.1, 0.15) is 30.1 Å². The number of benzene rings is 1. The van der Waals surface area contributed by atoms with Crippen LogP contribution in [0.5, 0.6) is 11.6 Å². The van der Waals surface area contributed by atoms with E-state index in [1.54, 1.807) is 6.92 Å². The molecular formula is C14H13FN2O2. The molecule has 1 aliphatic rings. The number of nitrogens with one attached hydrogen (secondary N) is 1. The summed E-state index contributed by atoms with van der Waals surface area (Å²) in [6.45, 7) is 1.74. The molecule has 1 N–H and O–H groups in total. The molecule has 5 heteroatoms. The predicted octanol–water partition coefficient (Wildman–Crippen LogP) is 2.89. The van der Waals surface area contributed by atoms with Crippen LogP contribution in [0.2, 0.25) is 0 Å². The number of nitrogens with zero attached hydrogens (tertiary/aromatic N) is 1. The van der Waals surface area contributed by atoms with Gasteiger partial charge < -0.3 is 9.72 Å². The van der Waals surface area contributed by atoms with Crippen molar-refractivity contribution in [3.05, 3.63) is 51.8 Å². The number of rotatable bonds is 3. The first-order valence-electron chi connectivity index (χ1n) is 6.17. The van der Waals surface area contributed by atoms with Gasteiger partial charge in [-0.2, -0.15) is 4.98 Å². The van der Waals surface area contributed by atoms with E-state index in [9.17, 15) is 9.18 Å². The molecular weight excluding hydrogens is 247 g/mol. The minimum absolute atomic E-state index is 0.230. The van der Waals surface area contributed by atoms with E-state index in [0.29, 0.717) is 23.1 Å². The number of hydrogen-bond acceptors (Lipinski definition) is 3. The highest BCUT2D eigenvalue weighted by Gasteiger charge is 2.26. The molecule has 0 radical (unpaired) electrons. The average Bonchev–Trinajstić information content (AvgIpc) is 3.16. The molecule has 0 bridgehead atoms. The number of halogens is 1. The third kappa shape index (κ3) is 2.65. The van der Waals surface area contributed by atoms with E-state index in [0.717, 1.165) is 12.8 Å². The van der Waals surface area contributed by atoms with E-state index >= 15 is 0 Å². The number of aromatic amines is 1. The quantitative estimate of drug-likeness (QED) is 0.923. The van der Waals surface area contributed by atoms with Crippen molar-refractivity contribution in [1.82, 2.24) is 9.97 Å². The minimum Gasteiger partial charge on any atom is -0.438 e. The fraction of sp³-hybridized carbons (Fsp3) is 0.286. The van der Waals surface area contributed by atoms with Gasteiger partial charge in [0, 0.05) is 5.92 Å². The molecule has 4 nitrogen and oxygen atoms in total. The lowest BCUT2D eigenvalue weighted by Crippen LogP contribution is -2.10. The number of ether oxygens (including phenoxy) is 1. The molecule has 0 amide bonds. The van der Waals surface area contributed by atoms with E-state index in [1.165, 1.54) is 24.3 Å². The summed E-state index contributed by atoms with van der Waals surface area (Å²) in [6.07, 6.45) is 2.09. The monoisotopic (exact) mass is 260 g/mol. The van der Waals surface area contributed by atoms with Gasteiger partial charge in [-0.25, -0.2) is 4.39 Å². The Hall–Kier alpha value is -2.17. The predicted molar refractivity (Wildman–Crippen MR) is 68.0 cm³/mol.